The second-order valence-electron chi connectivity index (χ2n) is 7.31. The topological polar surface area (TPSA) is 15.3 Å². The van der Waals surface area contributed by atoms with E-state index in [9.17, 15) is 0 Å². The normalized spacial score (nSPS) is 15.1. The standard InChI is InChI=1S/C15H32N2/c1-12(10-16-15(6,7)8)11-17(9)13(2)14(3,4)5/h13,16H,1,10-11H2,2-9H3. The van der Waals surface area contributed by atoms with E-state index in [1.165, 1.54) is 5.57 Å². The van der Waals surface area contributed by atoms with Crippen molar-refractivity contribution in [2.45, 2.75) is 60.0 Å². The van der Waals surface area contributed by atoms with Gasteiger partial charge in [0.1, 0.15) is 0 Å². The van der Waals surface area contributed by atoms with Crippen LogP contribution in [-0.4, -0.2) is 36.6 Å². The molecule has 0 saturated carbocycles. The Morgan fingerprint density at radius 2 is 1.65 bits per heavy atom. The van der Waals surface area contributed by atoms with Crippen LogP contribution >= 0.6 is 0 Å². The maximum Gasteiger partial charge on any atom is 0.0202 e. The van der Waals surface area contributed by atoms with Gasteiger partial charge < -0.3 is 5.32 Å². The molecule has 0 radical (unpaired) electrons. The molecule has 0 aliphatic heterocycles. The van der Waals surface area contributed by atoms with E-state index >= 15 is 0 Å². The summed E-state index contributed by atoms with van der Waals surface area (Å²) in [5, 5.41) is 3.48. The highest BCUT2D eigenvalue weighted by Crippen LogP contribution is 2.23. The van der Waals surface area contributed by atoms with Crippen LogP contribution in [0.25, 0.3) is 0 Å². The zero-order valence-corrected chi connectivity index (χ0v) is 13.1. The van der Waals surface area contributed by atoms with Crippen LogP contribution in [0, 0.1) is 5.41 Å². The highest BCUT2D eigenvalue weighted by molar-refractivity contribution is 5.01. The number of likely N-dealkylation sites (N-methyl/N-ethyl adjacent to an activating group) is 1. The highest BCUT2D eigenvalue weighted by atomic mass is 15.1. The minimum absolute atomic E-state index is 0.164. The zero-order valence-electron chi connectivity index (χ0n) is 13.1. The molecule has 0 fully saturated rings. The Kier molecular flexibility index (Phi) is 5.89. The molecule has 0 spiro atoms. The minimum Gasteiger partial charge on any atom is -0.308 e. The van der Waals surface area contributed by atoms with Gasteiger partial charge in [-0.05, 0) is 45.7 Å². The van der Waals surface area contributed by atoms with E-state index in [-0.39, 0.29) is 5.54 Å². The van der Waals surface area contributed by atoms with Crippen LogP contribution in [0.4, 0.5) is 0 Å². The first-order chi connectivity index (χ1) is 7.43. The third-order valence-corrected chi connectivity index (χ3v) is 3.26. The molecular weight excluding hydrogens is 208 g/mol. The summed E-state index contributed by atoms with van der Waals surface area (Å²) < 4.78 is 0. The van der Waals surface area contributed by atoms with Gasteiger partial charge >= 0.3 is 0 Å². The maximum absolute atomic E-state index is 4.16. The molecule has 1 N–H and O–H groups in total. The summed E-state index contributed by atoms with van der Waals surface area (Å²) >= 11 is 0. The molecule has 102 valence electrons. The summed E-state index contributed by atoms with van der Waals surface area (Å²) in [6.45, 7) is 21.7. The smallest absolute Gasteiger partial charge is 0.0202 e. The van der Waals surface area contributed by atoms with Crippen molar-refractivity contribution >= 4 is 0 Å². The van der Waals surface area contributed by atoms with Gasteiger partial charge in [-0.3, -0.25) is 4.90 Å². The van der Waals surface area contributed by atoms with Crippen LogP contribution in [0.3, 0.4) is 0 Å². The maximum atomic E-state index is 4.16. The van der Waals surface area contributed by atoms with Crippen molar-refractivity contribution in [3.8, 4) is 0 Å². The fourth-order valence-electron chi connectivity index (χ4n) is 1.60. The summed E-state index contributed by atoms with van der Waals surface area (Å²) in [6, 6.07) is 0.550. The van der Waals surface area contributed by atoms with Gasteiger partial charge in [-0.25, -0.2) is 0 Å². The van der Waals surface area contributed by atoms with Gasteiger partial charge in [0.05, 0.1) is 0 Å². The van der Waals surface area contributed by atoms with Crippen LogP contribution in [-0.2, 0) is 0 Å². The summed E-state index contributed by atoms with van der Waals surface area (Å²) in [5.41, 5.74) is 1.72. The van der Waals surface area contributed by atoms with Crippen molar-refractivity contribution in [1.82, 2.24) is 10.2 Å². The van der Waals surface area contributed by atoms with Gasteiger partial charge in [0.2, 0.25) is 0 Å². The number of rotatable bonds is 5. The molecule has 1 unspecified atom stereocenters. The van der Waals surface area contributed by atoms with E-state index in [0.29, 0.717) is 11.5 Å². The molecule has 0 aliphatic rings. The molecule has 0 aromatic rings. The van der Waals surface area contributed by atoms with Crippen molar-refractivity contribution in [3.63, 3.8) is 0 Å². The molecule has 0 heterocycles. The van der Waals surface area contributed by atoms with E-state index in [1.54, 1.807) is 0 Å². The van der Waals surface area contributed by atoms with E-state index in [2.05, 4.69) is 72.3 Å². The van der Waals surface area contributed by atoms with Crippen molar-refractivity contribution in [2.24, 2.45) is 5.41 Å². The summed E-state index contributed by atoms with van der Waals surface area (Å²) in [4.78, 5) is 2.38. The fraction of sp³-hybridized carbons (Fsp3) is 0.867. The van der Waals surface area contributed by atoms with Crippen molar-refractivity contribution in [1.29, 1.82) is 0 Å². The molecule has 17 heavy (non-hydrogen) atoms. The van der Waals surface area contributed by atoms with E-state index in [4.69, 9.17) is 0 Å². The van der Waals surface area contributed by atoms with Crippen molar-refractivity contribution < 1.29 is 0 Å². The number of nitrogens with zero attached hydrogens (tertiary/aromatic N) is 1. The lowest BCUT2D eigenvalue weighted by Gasteiger charge is -2.36. The summed E-state index contributed by atoms with van der Waals surface area (Å²) in [6.07, 6.45) is 0. The first-order valence-electron chi connectivity index (χ1n) is 6.55. The summed E-state index contributed by atoms with van der Waals surface area (Å²) in [7, 11) is 2.18. The average Bonchev–Trinajstić information content (AvgIpc) is 2.10. The molecule has 0 rings (SSSR count). The van der Waals surface area contributed by atoms with Gasteiger partial charge in [0.15, 0.2) is 0 Å². The van der Waals surface area contributed by atoms with E-state index < -0.39 is 0 Å². The molecule has 0 saturated heterocycles. The van der Waals surface area contributed by atoms with Crippen LogP contribution in [0.2, 0.25) is 0 Å². The molecule has 0 amide bonds. The Labute approximate surface area is 108 Å². The predicted octanol–water partition coefficient (Wildman–Crippen LogP) is 3.30. The van der Waals surface area contributed by atoms with Crippen LogP contribution in [0.5, 0.6) is 0 Å². The lowest BCUT2D eigenvalue weighted by molar-refractivity contribution is 0.150. The Hall–Kier alpha value is -0.340. The third kappa shape index (κ3) is 7.56. The Balaban J connectivity index is 4.13. The van der Waals surface area contributed by atoms with Crippen LogP contribution < -0.4 is 5.32 Å². The second kappa shape index (κ2) is 6.01. The lowest BCUT2D eigenvalue weighted by atomic mass is 9.87. The zero-order chi connectivity index (χ0) is 13.9. The van der Waals surface area contributed by atoms with Gasteiger partial charge in [0.25, 0.3) is 0 Å². The lowest BCUT2D eigenvalue weighted by Crippen LogP contribution is -2.42. The van der Waals surface area contributed by atoms with Gasteiger partial charge in [-0.1, -0.05) is 27.4 Å². The quantitative estimate of drug-likeness (QED) is 0.742. The molecule has 0 aromatic carbocycles. The monoisotopic (exact) mass is 240 g/mol. The molecular formula is C15H32N2. The van der Waals surface area contributed by atoms with E-state index in [1.807, 2.05) is 0 Å². The molecule has 0 aliphatic carbocycles. The molecule has 2 nitrogen and oxygen atoms in total. The minimum atomic E-state index is 0.164. The van der Waals surface area contributed by atoms with Gasteiger partial charge in [0, 0.05) is 24.7 Å². The Morgan fingerprint density at radius 1 is 1.18 bits per heavy atom. The van der Waals surface area contributed by atoms with Crippen LogP contribution in [0.1, 0.15) is 48.5 Å². The van der Waals surface area contributed by atoms with Crippen molar-refractivity contribution in [2.75, 3.05) is 20.1 Å². The number of hydrogen-bond donors (Lipinski definition) is 1. The average molecular weight is 240 g/mol. The first-order valence-corrected chi connectivity index (χ1v) is 6.55. The van der Waals surface area contributed by atoms with Crippen LogP contribution in [0.15, 0.2) is 12.2 Å². The third-order valence-electron chi connectivity index (χ3n) is 3.26. The predicted molar refractivity (Wildman–Crippen MR) is 78.4 cm³/mol. The fourth-order valence-corrected chi connectivity index (χ4v) is 1.60. The molecule has 0 bridgehead atoms. The molecule has 2 heteroatoms. The number of nitrogens with one attached hydrogen (secondary N) is 1. The van der Waals surface area contributed by atoms with Crippen molar-refractivity contribution in [3.05, 3.63) is 12.2 Å². The second-order valence-corrected chi connectivity index (χ2v) is 7.31. The molecule has 0 aromatic heterocycles. The van der Waals surface area contributed by atoms with Gasteiger partial charge in [-0.2, -0.15) is 0 Å². The number of hydrogen-bond acceptors (Lipinski definition) is 2. The van der Waals surface area contributed by atoms with Gasteiger partial charge in [-0.15, -0.1) is 0 Å². The highest BCUT2D eigenvalue weighted by Gasteiger charge is 2.23. The van der Waals surface area contributed by atoms with E-state index in [0.717, 1.165) is 13.1 Å². The summed E-state index contributed by atoms with van der Waals surface area (Å²) in [5.74, 6) is 0. The Morgan fingerprint density at radius 3 is 2.00 bits per heavy atom. The largest absolute Gasteiger partial charge is 0.308 e. The Bertz CT molecular complexity index is 243. The first kappa shape index (κ1) is 16.7. The molecule has 1 atom stereocenters. The SMILES string of the molecule is C=C(CNC(C)(C)C)CN(C)C(C)C(C)(C)C.